The summed E-state index contributed by atoms with van der Waals surface area (Å²) < 4.78 is 48.0. The molecule has 2 aliphatic rings. The van der Waals surface area contributed by atoms with Crippen molar-refractivity contribution in [2.24, 2.45) is 20.7 Å². The van der Waals surface area contributed by atoms with Crippen LogP contribution in [-0.2, 0) is 37.3 Å². The lowest BCUT2D eigenvalue weighted by molar-refractivity contribution is -0.0370. The Morgan fingerprint density at radius 2 is 1.60 bits per heavy atom. The third-order valence-corrected chi connectivity index (χ3v) is 5.69. The Labute approximate surface area is 203 Å². The Hall–Kier alpha value is -2.74. The van der Waals surface area contributed by atoms with Gasteiger partial charge in [0, 0.05) is 6.54 Å². The summed E-state index contributed by atoms with van der Waals surface area (Å²) in [6, 6.07) is -0.379. The van der Waals surface area contributed by atoms with E-state index >= 15 is 0 Å². The zero-order chi connectivity index (χ0) is 26.0. The maximum absolute atomic E-state index is 13.1. The molecule has 0 aromatic heterocycles. The van der Waals surface area contributed by atoms with Crippen molar-refractivity contribution in [3.63, 3.8) is 0 Å². The minimum atomic E-state index is -4.05. The zero-order valence-electron chi connectivity index (χ0n) is 20.3. The van der Waals surface area contributed by atoms with Crippen LogP contribution < -0.4 is 5.73 Å². The molecule has 2 rings (SSSR count). The third kappa shape index (κ3) is 9.80. The van der Waals surface area contributed by atoms with E-state index in [-0.39, 0.29) is 12.2 Å². The summed E-state index contributed by atoms with van der Waals surface area (Å²) >= 11 is 0. The fraction of sp³-hybridized carbons (Fsp3) is 0.737. The molecule has 0 spiro atoms. The highest BCUT2D eigenvalue weighted by Crippen LogP contribution is 2.48. The third-order valence-electron chi connectivity index (χ3n) is 4.23. The molecule has 0 aromatic rings. The van der Waals surface area contributed by atoms with Crippen molar-refractivity contribution in [2.45, 2.75) is 65.1 Å². The molecule has 0 aliphatic carbocycles. The Morgan fingerprint density at radius 3 is 2.14 bits per heavy atom. The first-order valence-electron chi connectivity index (χ1n) is 10.8. The molecule has 15 nitrogen and oxygen atoms in total. The van der Waals surface area contributed by atoms with Crippen LogP contribution in [0.25, 0.3) is 0 Å². The molecule has 2 heterocycles. The number of hydrogen-bond acceptors (Lipinski definition) is 15. The van der Waals surface area contributed by atoms with Crippen LogP contribution >= 0.6 is 7.60 Å². The van der Waals surface area contributed by atoms with Gasteiger partial charge < -0.3 is 34.3 Å². The minimum absolute atomic E-state index is 0.323. The number of carbonyl (C=O) groups is 2. The number of carbonyl (C=O) groups excluding carboxylic acids is 2. The molecule has 0 saturated carbocycles. The van der Waals surface area contributed by atoms with Crippen LogP contribution in [0.4, 0.5) is 9.59 Å². The largest absolute Gasteiger partial charge is 0.510 e. The molecule has 2 aliphatic heterocycles. The Balaban J connectivity index is 1.88. The van der Waals surface area contributed by atoms with Gasteiger partial charge in [0.2, 0.25) is 13.6 Å². The SMILES string of the molecule is CC(C)OC(=O)OCOP(=O)(CO[C@H](C)CN1C=NC2C(N)=NC=NC21)OCOC(=O)OC(C)C. The van der Waals surface area contributed by atoms with Crippen LogP contribution in [0.1, 0.15) is 34.6 Å². The standard InChI is InChI=1S/C19H32N5O10P/c1-12(2)33-18(25)28-9-31-35(27,32-10-29-19(26)34-13(3)4)11-30-14(5)6-24-8-23-15-16(20)21-7-22-17(15)24/h7-8,12-15,17H,6,9-11H2,1-5H3,(H2,20,21,22)/t14-,15?,17?/m1/s1. The lowest BCUT2D eigenvalue weighted by Gasteiger charge is -2.28. The highest BCUT2D eigenvalue weighted by molar-refractivity contribution is 7.53. The van der Waals surface area contributed by atoms with E-state index in [1.165, 1.54) is 6.34 Å². The summed E-state index contributed by atoms with van der Waals surface area (Å²) in [4.78, 5) is 37.3. The first kappa shape index (κ1) is 28.5. The van der Waals surface area contributed by atoms with Gasteiger partial charge >= 0.3 is 19.9 Å². The zero-order valence-corrected chi connectivity index (χ0v) is 21.2. The van der Waals surface area contributed by atoms with Gasteiger partial charge in [0.25, 0.3) is 0 Å². The fourth-order valence-electron chi connectivity index (χ4n) is 2.72. The number of ether oxygens (including phenoxy) is 5. The van der Waals surface area contributed by atoms with Crippen LogP contribution in [0.2, 0.25) is 0 Å². The predicted molar refractivity (Wildman–Crippen MR) is 123 cm³/mol. The molecule has 2 N–H and O–H groups in total. The second kappa shape index (κ2) is 13.4. The number of amidine groups is 1. The first-order valence-corrected chi connectivity index (χ1v) is 12.5. The van der Waals surface area contributed by atoms with Crippen LogP contribution in [0, 0.1) is 0 Å². The average molecular weight is 521 g/mol. The van der Waals surface area contributed by atoms with Crippen LogP contribution in [0.5, 0.6) is 0 Å². The van der Waals surface area contributed by atoms with Crippen molar-refractivity contribution >= 4 is 38.4 Å². The topological polar surface area (TPSA) is 182 Å². The summed E-state index contributed by atoms with van der Waals surface area (Å²) in [5.74, 6) is 0.357. The molecule has 2 unspecified atom stereocenters. The van der Waals surface area contributed by atoms with Gasteiger partial charge in [0.15, 0.2) is 6.17 Å². The van der Waals surface area contributed by atoms with Crippen LogP contribution in [0.15, 0.2) is 15.0 Å². The lowest BCUT2D eigenvalue weighted by Crippen LogP contribution is -2.46. The molecule has 0 radical (unpaired) electrons. The molecular weight excluding hydrogens is 489 g/mol. The Kier molecular flexibility index (Phi) is 10.9. The molecule has 35 heavy (non-hydrogen) atoms. The van der Waals surface area contributed by atoms with E-state index in [2.05, 4.69) is 15.0 Å². The number of nitrogens with zero attached hydrogens (tertiary/aromatic N) is 4. The number of hydrogen-bond donors (Lipinski definition) is 1. The van der Waals surface area contributed by atoms with E-state index < -0.39 is 58.2 Å². The van der Waals surface area contributed by atoms with Gasteiger partial charge in [0.05, 0.1) is 24.7 Å². The molecule has 0 fully saturated rings. The highest BCUT2D eigenvalue weighted by atomic mass is 31.2. The van der Waals surface area contributed by atoms with Crippen LogP contribution in [-0.4, -0.2) is 92.7 Å². The molecule has 3 atom stereocenters. The molecule has 16 heteroatoms. The lowest BCUT2D eigenvalue weighted by atomic mass is 10.2. The quantitative estimate of drug-likeness (QED) is 0.212. The summed E-state index contributed by atoms with van der Waals surface area (Å²) in [6.45, 7) is 7.09. The van der Waals surface area contributed by atoms with E-state index in [9.17, 15) is 14.2 Å². The van der Waals surface area contributed by atoms with Gasteiger partial charge in [-0.1, -0.05) is 0 Å². The van der Waals surface area contributed by atoms with E-state index in [4.69, 9.17) is 38.5 Å². The molecule has 0 amide bonds. The Morgan fingerprint density at radius 1 is 1.03 bits per heavy atom. The van der Waals surface area contributed by atoms with Crippen molar-refractivity contribution in [3.8, 4) is 0 Å². The van der Waals surface area contributed by atoms with Crippen molar-refractivity contribution in [3.05, 3.63) is 0 Å². The van der Waals surface area contributed by atoms with Gasteiger partial charge in [0.1, 0.15) is 24.6 Å². The summed E-state index contributed by atoms with van der Waals surface area (Å²) in [7, 11) is -4.05. The van der Waals surface area contributed by atoms with Gasteiger partial charge in [-0.05, 0) is 34.6 Å². The van der Waals surface area contributed by atoms with Gasteiger partial charge in [-0.25, -0.2) is 19.6 Å². The Bertz CT molecular complexity index is 833. The first-order chi connectivity index (χ1) is 16.5. The van der Waals surface area contributed by atoms with Gasteiger partial charge in [-0.2, -0.15) is 0 Å². The predicted octanol–water partition coefficient (Wildman–Crippen LogP) is 2.05. The van der Waals surface area contributed by atoms with Crippen molar-refractivity contribution < 1.29 is 46.9 Å². The average Bonchev–Trinajstić information content (AvgIpc) is 3.15. The second-order valence-electron chi connectivity index (χ2n) is 7.97. The van der Waals surface area contributed by atoms with Crippen molar-refractivity contribution in [1.29, 1.82) is 0 Å². The molecule has 0 saturated heterocycles. The van der Waals surface area contributed by atoms with Crippen molar-refractivity contribution in [2.75, 3.05) is 26.5 Å². The van der Waals surface area contributed by atoms with Crippen LogP contribution in [0.3, 0.4) is 0 Å². The maximum Gasteiger partial charge on any atom is 0.510 e. The van der Waals surface area contributed by atoms with Gasteiger partial charge in [-0.15, -0.1) is 0 Å². The fourth-order valence-corrected chi connectivity index (χ4v) is 3.81. The summed E-state index contributed by atoms with van der Waals surface area (Å²) in [5, 5.41) is 0. The summed E-state index contributed by atoms with van der Waals surface area (Å²) in [6.07, 6.45) is -1.28. The minimum Gasteiger partial charge on any atom is -0.432 e. The molecule has 198 valence electrons. The highest BCUT2D eigenvalue weighted by Gasteiger charge is 2.36. The number of fused-ring (bicyclic) bond motifs is 1. The number of rotatable bonds is 13. The monoisotopic (exact) mass is 521 g/mol. The van der Waals surface area contributed by atoms with E-state index in [0.29, 0.717) is 12.4 Å². The molecule has 0 bridgehead atoms. The molecular formula is C19H32N5O10P. The second-order valence-corrected chi connectivity index (χ2v) is 9.97. The number of nitrogens with two attached hydrogens (primary N) is 1. The van der Waals surface area contributed by atoms with E-state index in [1.54, 1.807) is 45.9 Å². The van der Waals surface area contributed by atoms with E-state index in [0.717, 1.165) is 0 Å². The molecule has 0 aromatic carbocycles. The number of aliphatic imine (C=N–C) groups is 3. The maximum atomic E-state index is 13.1. The smallest absolute Gasteiger partial charge is 0.432 e. The van der Waals surface area contributed by atoms with Crippen molar-refractivity contribution in [1.82, 2.24) is 4.90 Å². The van der Waals surface area contributed by atoms with Gasteiger partial charge in [-0.3, -0.25) is 18.6 Å². The van der Waals surface area contributed by atoms with E-state index in [1.807, 2.05) is 0 Å². The normalized spacial score (nSPS) is 20.0. The summed E-state index contributed by atoms with van der Waals surface area (Å²) in [5.41, 5.74) is 5.84.